The van der Waals surface area contributed by atoms with Crippen molar-refractivity contribution >= 4 is 0 Å². The number of hydrogen-bond donors (Lipinski definition) is 0. The Labute approximate surface area is 150 Å². The molecular formula is C17H19N5. The van der Waals surface area contributed by atoms with Gasteiger partial charge in [-0.25, -0.2) is 9.67 Å². The van der Waals surface area contributed by atoms with Crippen LogP contribution in [0, 0.1) is 22.7 Å². The van der Waals surface area contributed by atoms with Crippen molar-refractivity contribution in [2.24, 2.45) is 0 Å². The summed E-state index contributed by atoms with van der Waals surface area (Å²) in [6.07, 6.45) is 1.85. The van der Waals surface area contributed by atoms with Crippen molar-refractivity contribution in [3.8, 4) is 12.1 Å². The van der Waals surface area contributed by atoms with Crippen molar-refractivity contribution < 1.29 is 19.2 Å². The third kappa shape index (κ3) is 3.15. The average Bonchev–Trinajstić information content (AvgIpc) is 3.20. The largest absolute Gasteiger partial charge is 0.249 e. The van der Waals surface area contributed by atoms with E-state index in [4.69, 9.17) is 19.2 Å². The van der Waals surface area contributed by atoms with Gasteiger partial charge in [0.05, 0.1) is 32.2 Å². The first-order chi connectivity index (χ1) is 16.0. The first-order valence-electron chi connectivity index (χ1n) is 12.9. The predicted octanol–water partition coefficient (Wildman–Crippen LogP) is 2.93. The van der Waals surface area contributed by atoms with E-state index in [0.717, 1.165) is 12.7 Å². The van der Waals surface area contributed by atoms with Crippen molar-refractivity contribution in [3.05, 3.63) is 47.5 Å². The Balaban J connectivity index is 3.22. The molecule has 0 saturated heterocycles. The third-order valence-corrected chi connectivity index (χ3v) is 2.80. The van der Waals surface area contributed by atoms with Gasteiger partial charge in [-0.2, -0.15) is 15.6 Å². The fourth-order valence-corrected chi connectivity index (χ4v) is 1.65. The quantitative estimate of drug-likeness (QED) is 0.870. The topological polar surface area (TPSA) is 78.3 Å². The van der Waals surface area contributed by atoms with Crippen LogP contribution in [0.25, 0.3) is 0 Å². The lowest BCUT2D eigenvalue weighted by molar-refractivity contribution is 0.646. The summed E-state index contributed by atoms with van der Waals surface area (Å²) in [7, 11) is 0. The van der Waals surface area contributed by atoms with Gasteiger partial charge in [0.15, 0.2) is 0 Å². The van der Waals surface area contributed by atoms with Gasteiger partial charge in [0.2, 0.25) is 0 Å². The summed E-state index contributed by atoms with van der Waals surface area (Å²) in [5.74, 6) is 0. The Kier molecular flexibility index (Phi) is 1.41. The molecule has 5 nitrogen and oxygen atoms in total. The Morgan fingerprint density at radius 1 is 1.14 bits per heavy atom. The Hall–Kier alpha value is -2.66. The van der Waals surface area contributed by atoms with Crippen molar-refractivity contribution in [1.29, 1.82) is 10.5 Å². The van der Waals surface area contributed by atoms with Crippen LogP contribution >= 0.6 is 0 Å². The van der Waals surface area contributed by atoms with Crippen LogP contribution in [-0.4, -0.2) is 14.8 Å². The monoisotopic (exact) mass is 307 g/mol. The SMILES string of the molecule is [2H]C([2H])(c1cc(C(C#N)(C([2H])([2H])[2H])C([2H])([2H])[2H])cc(C(C#N)(C([2H])([2H])[2H])C([2H])([2H])[2H])c1)n1cncn1. The van der Waals surface area contributed by atoms with E-state index in [1.54, 1.807) is 0 Å². The molecule has 5 heteroatoms. The van der Waals surface area contributed by atoms with Gasteiger partial charge < -0.3 is 0 Å². The molecule has 1 aromatic heterocycles. The first kappa shape index (κ1) is 5.52. The number of hydrogen-bond acceptors (Lipinski definition) is 4. The fourth-order valence-electron chi connectivity index (χ4n) is 1.65. The molecule has 0 aliphatic heterocycles. The second kappa shape index (κ2) is 5.61. The summed E-state index contributed by atoms with van der Waals surface area (Å²) in [5, 5.41) is 23.4. The lowest BCUT2D eigenvalue weighted by atomic mass is 9.79. The number of rotatable bonds is 4. The summed E-state index contributed by atoms with van der Waals surface area (Å²) >= 11 is 0. The minimum Gasteiger partial charge on any atom is -0.249 e. The van der Waals surface area contributed by atoms with Gasteiger partial charge in [-0.15, -0.1) is 0 Å². The van der Waals surface area contributed by atoms with Crippen LogP contribution in [-0.2, 0) is 17.3 Å². The minimum atomic E-state index is -3.59. The van der Waals surface area contributed by atoms with E-state index >= 15 is 0 Å². The van der Waals surface area contributed by atoms with Crippen LogP contribution in [0.3, 0.4) is 0 Å². The number of nitriles is 2. The highest BCUT2D eigenvalue weighted by atomic mass is 15.3. The molecule has 0 unspecified atom stereocenters. The maximum Gasteiger partial charge on any atom is 0.137 e. The summed E-state index contributed by atoms with van der Waals surface area (Å²) in [6, 6.07) is 4.46. The molecule has 0 fully saturated rings. The van der Waals surface area contributed by atoms with Crippen molar-refractivity contribution in [2.75, 3.05) is 0 Å². The van der Waals surface area contributed by atoms with E-state index in [2.05, 4.69) is 10.1 Å². The Morgan fingerprint density at radius 3 is 2.14 bits per heavy atom. The molecule has 0 radical (unpaired) electrons. The number of benzene rings is 1. The normalized spacial score (nSPS) is 24.1. The van der Waals surface area contributed by atoms with Crippen LogP contribution < -0.4 is 0 Å². The van der Waals surface area contributed by atoms with E-state index in [-0.39, 0.29) is 0 Å². The second-order valence-corrected chi connectivity index (χ2v) is 4.47. The van der Waals surface area contributed by atoms with Gasteiger partial charge in [0.25, 0.3) is 0 Å². The van der Waals surface area contributed by atoms with E-state index < -0.39 is 61.4 Å². The number of nitrogens with zero attached hydrogens (tertiary/aromatic N) is 5. The molecule has 0 amide bonds. The highest BCUT2D eigenvalue weighted by Gasteiger charge is 2.26. The highest BCUT2D eigenvalue weighted by molar-refractivity contribution is 5.42. The lowest BCUT2D eigenvalue weighted by Crippen LogP contribution is -2.20. The standard InChI is InChI=1S/C17H19N5/c1-16(2,9-18)14-5-13(8-22-12-20-11-21-22)6-15(7-14)17(3,4)10-19/h5-7,11-12H,8H2,1-4H3/i1D3,2D3,3D3,4D3,8D2. The van der Waals surface area contributed by atoms with Crippen molar-refractivity contribution in [1.82, 2.24) is 14.8 Å². The van der Waals surface area contributed by atoms with Gasteiger partial charge in [0, 0.05) is 16.4 Å². The summed E-state index contributed by atoms with van der Waals surface area (Å²) < 4.78 is 112. The third-order valence-electron chi connectivity index (χ3n) is 2.80. The summed E-state index contributed by atoms with van der Waals surface area (Å²) in [5.41, 5.74) is -9.21. The molecule has 0 aliphatic rings. The van der Waals surface area contributed by atoms with Gasteiger partial charge in [-0.3, -0.25) is 0 Å². The Bertz CT molecular complexity index is 1090. The predicted molar refractivity (Wildman–Crippen MR) is 82.8 cm³/mol. The molecule has 112 valence electrons. The molecule has 0 N–H and O–H groups in total. The van der Waals surface area contributed by atoms with E-state index in [1.807, 2.05) is 0 Å². The van der Waals surface area contributed by atoms with Gasteiger partial charge in [-0.05, 0) is 44.1 Å². The zero-order chi connectivity index (χ0) is 28.2. The molecule has 1 aromatic carbocycles. The van der Waals surface area contributed by atoms with E-state index in [9.17, 15) is 10.5 Å². The van der Waals surface area contributed by atoms with Gasteiger partial charge in [-0.1, -0.05) is 18.2 Å². The molecule has 0 saturated carbocycles. The summed E-state index contributed by atoms with van der Waals surface area (Å²) in [6.45, 7) is -17.1. The molecule has 0 bridgehead atoms. The number of aromatic nitrogens is 3. The molecule has 0 spiro atoms. The van der Waals surface area contributed by atoms with Crippen molar-refractivity contribution in [2.45, 2.75) is 44.7 Å². The van der Waals surface area contributed by atoms with Crippen LogP contribution in [0.15, 0.2) is 30.9 Å². The minimum absolute atomic E-state index is 0.546. The molecule has 2 aromatic rings. The van der Waals surface area contributed by atoms with Gasteiger partial charge >= 0.3 is 0 Å². The zero-order valence-corrected chi connectivity index (χ0v) is 11.1. The maximum atomic E-state index is 9.87. The molecule has 0 atom stereocenters. The van der Waals surface area contributed by atoms with E-state index in [0.29, 0.717) is 22.9 Å². The fraction of sp³-hybridized carbons (Fsp3) is 0.412. The first-order valence-corrected chi connectivity index (χ1v) is 5.89. The zero-order valence-electron chi connectivity index (χ0n) is 25.1. The highest BCUT2D eigenvalue weighted by Crippen LogP contribution is 2.30. The molecule has 1 heterocycles. The van der Waals surface area contributed by atoms with Crippen molar-refractivity contribution in [3.63, 3.8) is 0 Å². The summed E-state index contributed by atoms with van der Waals surface area (Å²) in [4.78, 5) is 3.59. The lowest BCUT2D eigenvalue weighted by Gasteiger charge is -2.23. The van der Waals surface area contributed by atoms with E-state index in [1.165, 1.54) is 12.1 Å². The smallest absolute Gasteiger partial charge is 0.137 e. The molecule has 2 rings (SSSR count). The molecular weight excluding hydrogens is 274 g/mol. The molecule has 0 aliphatic carbocycles. The van der Waals surface area contributed by atoms with Crippen LogP contribution in [0.4, 0.5) is 0 Å². The maximum absolute atomic E-state index is 9.87. The second-order valence-electron chi connectivity index (χ2n) is 4.47. The average molecular weight is 307 g/mol. The van der Waals surface area contributed by atoms with Gasteiger partial charge in [0.1, 0.15) is 12.7 Å². The van der Waals surface area contributed by atoms with Crippen LogP contribution in [0.5, 0.6) is 0 Å². The Morgan fingerprint density at radius 2 is 1.73 bits per heavy atom. The molecule has 22 heavy (non-hydrogen) atoms. The van der Waals surface area contributed by atoms with Crippen LogP contribution in [0.1, 0.15) is 63.3 Å². The van der Waals surface area contributed by atoms with Crippen LogP contribution in [0.2, 0.25) is 0 Å².